The topological polar surface area (TPSA) is 55.1 Å². The highest BCUT2D eigenvalue weighted by atomic mass is 16.2. The summed E-state index contributed by atoms with van der Waals surface area (Å²) in [6, 6.07) is 0.296. The summed E-state index contributed by atoms with van der Waals surface area (Å²) in [5, 5.41) is 3.18. The van der Waals surface area contributed by atoms with E-state index in [2.05, 4.69) is 33.0 Å². The van der Waals surface area contributed by atoms with Gasteiger partial charge in [-0.25, -0.2) is 0 Å². The molecule has 18 heavy (non-hydrogen) atoms. The molecule has 0 saturated heterocycles. The largest absolute Gasteiger partial charge is 0.353 e. The Bertz CT molecular complexity index is 263. The van der Waals surface area contributed by atoms with Crippen LogP contribution in [0.3, 0.4) is 0 Å². The lowest BCUT2D eigenvalue weighted by molar-refractivity contribution is -0.128. The van der Waals surface area contributed by atoms with E-state index in [0.717, 1.165) is 32.1 Å². The molecule has 3 heteroatoms. The number of nitrogens with one attached hydrogen (secondary N) is 1. The van der Waals surface area contributed by atoms with Crippen LogP contribution in [0.2, 0.25) is 0 Å². The molecule has 0 aliphatic heterocycles. The van der Waals surface area contributed by atoms with Crippen molar-refractivity contribution in [3.63, 3.8) is 0 Å². The molecule has 3 N–H and O–H groups in total. The van der Waals surface area contributed by atoms with Gasteiger partial charge in [-0.2, -0.15) is 0 Å². The molecule has 4 atom stereocenters. The second-order valence-corrected chi connectivity index (χ2v) is 5.97. The van der Waals surface area contributed by atoms with Crippen molar-refractivity contribution in [2.24, 2.45) is 23.5 Å². The molecule has 1 aliphatic rings. The number of nitrogens with two attached hydrogens (primary N) is 1. The molecule has 0 aromatic carbocycles. The molecule has 4 unspecified atom stereocenters. The molecule has 1 rings (SSSR count). The van der Waals surface area contributed by atoms with E-state index in [0.29, 0.717) is 11.8 Å². The molecule has 0 radical (unpaired) electrons. The highest BCUT2D eigenvalue weighted by Gasteiger charge is 2.33. The first-order valence-electron chi connectivity index (χ1n) is 7.57. The second kappa shape index (κ2) is 7.13. The van der Waals surface area contributed by atoms with Crippen LogP contribution in [0.15, 0.2) is 0 Å². The van der Waals surface area contributed by atoms with Gasteiger partial charge in [0.1, 0.15) is 0 Å². The third-order valence-electron chi connectivity index (χ3n) is 4.76. The summed E-state index contributed by atoms with van der Waals surface area (Å²) in [5.41, 5.74) is 6.18. The summed E-state index contributed by atoms with van der Waals surface area (Å²) in [6.07, 6.45) is 5.47. The zero-order chi connectivity index (χ0) is 13.7. The van der Waals surface area contributed by atoms with Crippen LogP contribution in [0.25, 0.3) is 0 Å². The van der Waals surface area contributed by atoms with Gasteiger partial charge in [-0.1, -0.05) is 40.0 Å². The predicted octanol–water partition coefficient (Wildman–Crippen LogP) is 2.69. The van der Waals surface area contributed by atoms with Crippen molar-refractivity contribution in [1.82, 2.24) is 5.32 Å². The van der Waals surface area contributed by atoms with Crippen molar-refractivity contribution in [3.05, 3.63) is 0 Å². The Kier molecular flexibility index (Phi) is 6.13. The van der Waals surface area contributed by atoms with Crippen LogP contribution in [-0.4, -0.2) is 18.0 Å². The van der Waals surface area contributed by atoms with Crippen molar-refractivity contribution in [1.29, 1.82) is 0 Å². The molecule has 0 aromatic rings. The van der Waals surface area contributed by atoms with E-state index < -0.39 is 0 Å². The first-order chi connectivity index (χ1) is 8.51. The lowest BCUT2D eigenvalue weighted by Gasteiger charge is -2.34. The second-order valence-electron chi connectivity index (χ2n) is 5.97. The van der Waals surface area contributed by atoms with Crippen LogP contribution in [0.4, 0.5) is 0 Å². The SMILES string of the molecule is CCC(CC)C(C)NC(=O)C1CCCC(C)C1N. The van der Waals surface area contributed by atoms with Gasteiger partial charge in [0.15, 0.2) is 0 Å². The quantitative estimate of drug-likeness (QED) is 0.792. The summed E-state index contributed by atoms with van der Waals surface area (Å²) in [6.45, 7) is 8.65. The smallest absolute Gasteiger partial charge is 0.224 e. The fourth-order valence-corrected chi connectivity index (χ4v) is 3.19. The Morgan fingerprint density at radius 2 is 1.94 bits per heavy atom. The van der Waals surface area contributed by atoms with Gasteiger partial charge in [0.05, 0.1) is 5.92 Å². The lowest BCUT2D eigenvalue weighted by atomic mass is 9.77. The Hall–Kier alpha value is -0.570. The molecule has 1 saturated carbocycles. The predicted molar refractivity (Wildman–Crippen MR) is 76.2 cm³/mol. The van der Waals surface area contributed by atoms with Crippen molar-refractivity contribution in [3.8, 4) is 0 Å². The molecule has 106 valence electrons. The summed E-state index contributed by atoms with van der Waals surface area (Å²) in [7, 11) is 0. The van der Waals surface area contributed by atoms with Gasteiger partial charge in [0, 0.05) is 12.1 Å². The monoisotopic (exact) mass is 254 g/mol. The highest BCUT2D eigenvalue weighted by Crippen LogP contribution is 2.28. The molecular weight excluding hydrogens is 224 g/mol. The van der Waals surface area contributed by atoms with Crippen molar-refractivity contribution < 1.29 is 4.79 Å². The lowest BCUT2D eigenvalue weighted by Crippen LogP contribution is -2.50. The van der Waals surface area contributed by atoms with Crippen molar-refractivity contribution in [2.45, 2.75) is 71.9 Å². The molecule has 1 fully saturated rings. The van der Waals surface area contributed by atoms with Crippen molar-refractivity contribution in [2.75, 3.05) is 0 Å². The Balaban J connectivity index is 2.53. The van der Waals surface area contributed by atoms with E-state index in [-0.39, 0.29) is 23.9 Å². The van der Waals surface area contributed by atoms with Crippen LogP contribution in [-0.2, 0) is 4.79 Å². The normalized spacial score (nSPS) is 30.2. The molecular formula is C15H30N2O. The maximum absolute atomic E-state index is 12.3. The first kappa shape index (κ1) is 15.5. The number of amides is 1. The van der Waals surface area contributed by atoms with Gasteiger partial charge < -0.3 is 11.1 Å². The summed E-state index contributed by atoms with van der Waals surface area (Å²) < 4.78 is 0. The van der Waals surface area contributed by atoms with Gasteiger partial charge in [-0.15, -0.1) is 0 Å². The molecule has 0 bridgehead atoms. The average Bonchev–Trinajstić information content (AvgIpc) is 2.34. The zero-order valence-electron chi connectivity index (χ0n) is 12.4. The fraction of sp³-hybridized carbons (Fsp3) is 0.933. The summed E-state index contributed by atoms with van der Waals surface area (Å²) in [5.74, 6) is 1.24. The number of rotatable bonds is 5. The van der Waals surface area contributed by atoms with Gasteiger partial charge in [0.2, 0.25) is 5.91 Å². The number of hydrogen-bond donors (Lipinski definition) is 2. The van der Waals surface area contributed by atoms with Gasteiger partial charge in [-0.3, -0.25) is 4.79 Å². The minimum atomic E-state index is 0.0190. The highest BCUT2D eigenvalue weighted by molar-refractivity contribution is 5.79. The molecule has 1 amide bonds. The minimum Gasteiger partial charge on any atom is -0.353 e. The number of carbonyl (C=O) groups is 1. The van der Waals surface area contributed by atoms with E-state index in [1.54, 1.807) is 0 Å². The zero-order valence-corrected chi connectivity index (χ0v) is 12.4. The van der Waals surface area contributed by atoms with Gasteiger partial charge >= 0.3 is 0 Å². The maximum Gasteiger partial charge on any atom is 0.224 e. The Labute approximate surface area is 112 Å². The Morgan fingerprint density at radius 3 is 2.50 bits per heavy atom. The molecule has 3 nitrogen and oxygen atoms in total. The first-order valence-corrected chi connectivity index (χ1v) is 7.57. The van der Waals surface area contributed by atoms with Crippen molar-refractivity contribution >= 4 is 5.91 Å². The molecule has 0 heterocycles. The maximum atomic E-state index is 12.3. The van der Waals surface area contributed by atoms with E-state index in [4.69, 9.17) is 5.73 Å². The third kappa shape index (κ3) is 3.71. The van der Waals surface area contributed by atoms with Crippen LogP contribution >= 0.6 is 0 Å². The standard InChI is InChI=1S/C15H30N2O/c1-5-12(6-2)11(4)17-15(18)13-9-7-8-10(3)14(13)16/h10-14H,5-9,16H2,1-4H3,(H,17,18). The van der Waals surface area contributed by atoms with Gasteiger partial charge in [-0.05, 0) is 31.6 Å². The van der Waals surface area contributed by atoms with Crippen LogP contribution in [0.1, 0.15) is 59.8 Å². The fourth-order valence-electron chi connectivity index (χ4n) is 3.19. The molecule has 0 aromatic heterocycles. The van der Waals surface area contributed by atoms with E-state index in [9.17, 15) is 4.79 Å². The van der Waals surface area contributed by atoms with Crippen LogP contribution in [0.5, 0.6) is 0 Å². The molecule has 1 aliphatic carbocycles. The average molecular weight is 254 g/mol. The Morgan fingerprint density at radius 1 is 1.33 bits per heavy atom. The molecule has 0 spiro atoms. The van der Waals surface area contributed by atoms with E-state index >= 15 is 0 Å². The number of hydrogen-bond acceptors (Lipinski definition) is 2. The van der Waals surface area contributed by atoms with Gasteiger partial charge in [0.25, 0.3) is 0 Å². The van der Waals surface area contributed by atoms with E-state index in [1.807, 2.05) is 0 Å². The minimum absolute atomic E-state index is 0.0190. The summed E-state index contributed by atoms with van der Waals surface area (Å²) >= 11 is 0. The van der Waals surface area contributed by atoms with Crippen LogP contribution < -0.4 is 11.1 Å². The number of carbonyl (C=O) groups excluding carboxylic acids is 1. The summed E-state index contributed by atoms with van der Waals surface area (Å²) in [4.78, 5) is 12.3. The van der Waals surface area contributed by atoms with E-state index in [1.165, 1.54) is 0 Å². The third-order valence-corrected chi connectivity index (χ3v) is 4.76. The van der Waals surface area contributed by atoms with Crippen LogP contribution in [0, 0.1) is 17.8 Å².